The predicted octanol–water partition coefficient (Wildman–Crippen LogP) is 3.57. The molecule has 102 valence electrons. The molecule has 0 aliphatic heterocycles. The Morgan fingerprint density at radius 1 is 1.11 bits per heavy atom. The van der Waals surface area contributed by atoms with E-state index in [-0.39, 0.29) is 0 Å². The lowest BCUT2D eigenvalue weighted by Gasteiger charge is -2.11. The number of hydrogen-bond acceptors (Lipinski definition) is 1. The SMILES string of the molecule is CCNCc1cc(C)n(Cc2cccc(C)c2)c1C. The predicted molar refractivity (Wildman–Crippen MR) is 81.6 cm³/mol. The third-order valence-corrected chi connectivity index (χ3v) is 3.67. The second kappa shape index (κ2) is 6.07. The smallest absolute Gasteiger partial charge is 0.0475 e. The molecule has 1 aromatic carbocycles. The highest BCUT2D eigenvalue weighted by molar-refractivity contribution is 5.29. The Bertz CT molecular complexity index is 552. The van der Waals surface area contributed by atoms with Crippen LogP contribution in [0.3, 0.4) is 0 Å². The van der Waals surface area contributed by atoms with Gasteiger partial charge in [-0.1, -0.05) is 36.8 Å². The third-order valence-electron chi connectivity index (χ3n) is 3.67. The molecule has 0 atom stereocenters. The van der Waals surface area contributed by atoms with Crippen molar-refractivity contribution in [3.05, 3.63) is 58.4 Å². The van der Waals surface area contributed by atoms with Crippen LogP contribution < -0.4 is 5.32 Å². The van der Waals surface area contributed by atoms with E-state index in [1.54, 1.807) is 0 Å². The number of aryl methyl sites for hydroxylation is 2. The van der Waals surface area contributed by atoms with Gasteiger partial charge in [-0.05, 0) is 44.5 Å². The molecule has 0 fully saturated rings. The minimum absolute atomic E-state index is 0.962. The van der Waals surface area contributed by atoms with E-state index in [9.17, 15) is 0 Å². The Morgan fingerprint density at radius 3 is 2.58 bits per heavy atom. The van der Waals surface area contributed by atoms with Crippen molar-refractivity contribution in [2.75, 3.05) is 6.54 Å². The Labute approximate surface area is 116 Å². The summed E-state index contributed by atoms with van der Waals surface area (Å²) in [6.45, 7) is 11.6. The molecule has 1 aromatic heterocycles. The molecule has 1 N–H and O–H groups in total. The standard InChI is InChI=1S/C17H24N2/c1-5-18-11-17-10-14(3)19(15(17)4)12-16-8-6-7-13(2)9-16/h6-10,18H,5,11-12H2,1-4H3. The van der Waals surface area contributed by atoms with Crippen LogP contribution >= 0.6 is 0 Å². The van der Waals surface area contributed by atoms with Gasteiger partial charge < -0.3 is 9.88 Å². The maximum absolute atomic E-state index is 3.41. The Kier molecular flexibility index (Phi) is 4.43. The molecule has 0 saturated carbocycles. The molecule has 1 heterocycles. The number of rotatable bonds is 5. The molecular weight excluding hydrogens is 232 g/mol. The number of aromatic nitrogens is 1. The highest BCUT2D eigenvalue weighted by atomic mass is 15.0. The molecular formula is C17H24N2. The van der Waals surface area contributed by atoms with Crippen molar-refractivity contribution in [2.24, 2.45) is 0 Å². The van der Waals surface area contributed by atoms with Crippen LogP contribution in [0, 0.1) is 20.8 Å². The third kappa shape index (κ3) is 3.27. The fraction of sp³-hybridized carbons (Fsp3) is 0.412. The average Bonchev–Trinajstić information content (AvgIpc) is 2.64. The van der Waals surface area contributed by atoms with E-state index in [1.807, 2.05) is 0 Å². The van der Waals surface area contributed by atoms with Crippen molar-refractivity contribution >= 4 is 0 Å². The highest BCUT2D eigenvalue weighted by Crippen LogP contribution is 2.17. The first kappa shape index (κ1) is 13.9. The molecule has 0 bridgehead atoms. The Hall–Kier alpha value is -1.54. The average molecular weight is 256 g/mol. The Balaban J connectivity index is 2.23. The number of nitrogens with zero attached hydrogens (tertiary/aromatic N) is 1. The van der Waals surface area contributed by atoms with Crippen molar-refractivity contribution < 1.29 is 0 Å². The molecule has 2 rings (SSSR count). The molecule has 2 heteroatoms. The van der Waals surface area contributed by atoms with Crippen molar-refractivity contribution in [3.8, 4) is 0 Å². The minimum atomic E-state index is 0.962. The molecule has 0 aliphatic rings. The van der Waals surface area contributed by atoms with Gasteiger partial charge in [-0.2, -0.15) is 0 Å². The number of benzene rings is 1. The summed E-state index contributed by atoms with van der Waals surface area (Å²) >= 11 is 0. The lowest BCUT2D eigenvalue weighted by Crippen LogP contribution is -2.12. The summed E-state index contributed by atoms with van der Waals surface area (Å²) in [4.78, 5) is 0. The molecule has 0 spiro atoms. The highest BCUT2D eigenvalue weighted by Gasteiger charge is 2.08. The number of nitrogens with one attached hydrogen (secondary N) is 1. The van der Waals surface area contributed by atoms with Crippen LogP contribution in [0.15, 0.2) is 30.3 Å². The zero-order valence-corrected chi connectivity index (χ0v) is 12.5. The second-order valence-corrected chi connectivity index (χ2v) is 5.25. The molecule has 0 amide bonds. The summed E-state index contributed by atoms with van der Waals surface area (Å²) in [5.41, 5.74) is 6.82. The first-order chi connectivity index (χ1) is 9.11. The van der Waals surface area contributed by atoms with E-state index in [4.69, 9.17) is 0 Å². The van der Waals surface area contributed by atoms with Crippen LogP contribution in [0.4, 0.5) is 0 Å². The molecule has 0 saturated heterocycles. The molecule has 0 radical (unpaired) electrons. The maximum atomic E-state index is 3.41. The zero-order valence-electron chi connectivity index (χ0n) is 12.5. The summed E-state index contributed by atoms with van der Waals surface area (Å²) in [7, 11) is 0. The lowest BCUT2D eigenvalue weighted by atomic mass is 10.1. The Morgan fingerprint density at radius 2 is 1.89 bits per heavy atom. The first-order valence-corrected chi connectivity index (χ1v) is 7.03. The summed E-state index contributed by atoms with van der Waals surface area (Å²) in [6, 6.07) is 11.1. The molecule has 19 heavy (non-hydrogen) atoms. The maximum Gasteiger partial charge on any atom is 0.0475 e. The van der Waals surface area contributed by atoms with E-state index in [1.165, 1.54) is 28.1 Å². The van der Waals surface area contributed by atoms with Gasteiger partial charge in [0, 0.05) is 24.5 Å². The van der Waals surface area contributed by atoms with E-state index in [0.29, 0.717) is 0 Å². The van der Waals surface area contributed by atoms with E-state index in [0.717, 1.165) is 19.6 Å². The van der Waals surface area contributed by atoms with Crippen LogP contribution in [0.25, 0.3) is 0 Å². The van der Waals surface area contributed by atoms with Gasteiger partial charge in [0.05, 0.1) is 0 Å². The normalized spacial score (nSPS) is 10.9. The van der Waals surface area contributed by atoms with Crippen molar-refractivity contribution in [1.82, 2.24) is 9.88 Å². The summed E-state index contributed by atoms with van der Waals surface area (Å²) in [5, 5.41) is 3.41. The van der Waals surface area contributed by atoms with Gasteiger partial charge in [-0.3, -0.25) is 0 Å². The van der Waals surface area contributed by atoms with Crippen LogP contribution in [0.5, 0.6) is 0 Å². The van der Waals surface area contributed by atoms with Gasteiger partial charge in [0.1, 0.15) is 0 Å². The van der Waals surface area contributed by atoms with Crippen LogP contribution in [-0.4, -0.2) is 11.1 Å². The van der Waals surface area contributed by atoms with Crippen LogP contribution in [-0.2, 0) is 13.1 Å². The first-order valence-electron chi connectivity index (χ1n) is 7.03. The fourth-order valence-electron chi connectivity index (χ4n) is 2.55. The largest absolute Gasteiger partial charge is 0.344 e. The van der Waals surface area contributed by atoms with Gasteiger partial charge in [-0.15, -0.1) is 0 Å². The van der Waals surface area contributed by atoms with Crippen LogP contribution in [0.1, 0.15) is 35.0 Å². The molecule has 0 aliphatic carbocycles. The van der Waals surface area contributed by atoms with E-state index >= 15 is 0 Å². The molecule has 2 aromatic rings. The lowest BCUT2D eigenvalue weighted by molar-refractivity contribution is 0.706. The summed E-state index contributed by atoms with van der Waals surface area (Å²) < 4.78 is 2.40. The molecule has 2 nitrogen and oxygen atoms in total. The zero-order chi connectivity index (χ0) is 13.8. The van der Waals surface area contributed by atoms with Crippen LogP contribution in [0.2, 0.25) is 0 Å². The quantitative estimate of drug-likeness (QED) is 0.865. The fourth-order valence-corrected chi connectivity index (χ4v) is 2.55. The van der Waals surface area contributed by atoms with E-state index in [2.05, 4.69) is 67.9 Å². The van der Waals surface area contributed by atoms with Gasteiger partial charge >= 0.3 is 0 Å². The minimum Gasteiger partial charge on any atom is -0.344 e. The van der Waals surface area contributed by atoms with E-state index < -0.39 is 0 Å². The molecule has 0 unspecified atom stereocenters. The van der Waals surface area contributed by atoms with Crippen molar-refractivity contribution in [2.45, 2.75) is 40.8 Å². The number of hydrogen-bond donors (Lipinski definition) is 1. The van der Waals surface area contributed by atoms with Gasteiger partial charge in [0.15, 0.2) is 0 Å². The van der Waals surface area contributed by atoms with Crippen molar-refractivity contribution in [3.63, 3.8) is 0 Å². The van der Waals surface area contributed by atoms with Gasteiger partial charge in [0.2, 0.25) is 0 Å². The monoisotopic (exact) mass is 256 g/mol. The van der Waals surface area contributed by atoms with Crippen molar-refractivity contribution in [1.29, 1.82) is 0 Å². The van der Waals surface area contributed by atoms with Gasteiger partial charge in [0.25, 0.3) is 0 Å². The topological polar surface area (TPSA) is 17.0 Å². The summed E-state index contributed by atoms with van der Waals surface area (Å²) in [5.74, 6) is 0. The summed E-state index contributed by atoms with van der Waals surface area (Å²) in [6.07, 6.45) is 0. The van der Waals surface area contributed by atoms with Gasteiger partial charge in [-0.25, -0.2) is 0 Å². The second-order valence-electron chi connectivity index (χ2n) is 5.25.